The van der Waals surface area contributed by atoms with Crippen LogP contribution in [0.5, 0.6) is 0 Å². The molecule has 0 amide bonds. The van der Waals surface area contributed by atoms with Crippen LogP contribution in [-0.2, 0) is 0 Å². The Labute approximate surface area is 67.1 Å². The molecule has 1 saturated carbocycles. The number of aliphatic hydroxyl groups excluding tert-OH is 1. The van der Waals surface area contributed by atoms with Crippen molar-refractivity contribution in [2.45, 2.75) is 36.0 Å². The van der Waals surface area contributed by atoms with E-state index in [1.807, 2.05) is 0 Å². The maximum atomic E-state index is 8.69. The minimum atomic E-state index is -0.317. The summed E-state index contributed by atoms with van der Waals surface area (Å²) in [6, 6.07) is 0. The summed E-state index contributed by atoms with van der Waals surface area (Å²) in [7, 11) is 0. The van der Waals surface area contributed by atoms with E-state index in [4.69, 9.17) is 5.11 Å². The number of rotatable bonds is 2. The molecule has 0 aliphatic heterocycles. The standard InChI is InChI=1S/C6H11.CH3O.Sn/c1-2-4-6-5-3-1;1-2;/h1H,2-6H2;2H,1H2;. The average Bonchev–Trinajstić information content (AvgIpc) is 1.91. The third-order valence-electron chi connectivity index (χ3n) is 1.99. The summed E-state index contributed by atoms with van der Waals surface area (Å²) in [5, 5.41) is 8.69. The first-order valence-electron chi connectivity index (χ1n) is 3.77. The van der Waals surface area contributed by atoms with E-state index in [0.29, 0.717) is 4.62 Å². The van der Waals surface area contributed by atoms with Crippen LogP contribution in [0.2, 0.25) is 3.93 Å². The van der Waals surface area contributed by atoms with Crippen LogP contribution in [0.1, 0.15) is 32.1 Å². The van der Waals surface area contributed by atoms with Gasteiger partial charge in [-0.3, -0.25) is 0 Å². The summed E-state index contributed by atoms with van der Waals surface area (Å²) >= 11 is -0.317. The Bertz CT molecular complexity index is 66.6. The van der Waals surface area contributed by atoms with Crippen molar-refractivity contribution in [1.29, 1.82) is 0 Å². The molecule has 52 valence electrons. The zero-order valence-electron chi connectivity index (χ0n) is 5.77. The molecule has 9 heavy (non-hydrogen) atoms. The maximum absolute atomic E-state index is 8.69. The molecular formula is C7H14OSn. The quantitative estimate of drug-likeness (QED) is 0.714. The second-order valence-electron chi connectivity index (χ2n) is 2.70. The second kappa shape index (κ2) is 4.56. The van der Waals surface area contributed by atoms with Gasteiger partial charge in [-0.25, -0.2) is 0 Å². The molecule has 0 heterocycles. The molecule has 1 fully saturated rings. The van der Waals surface area contributed by atoms with Gasteiger partial charge in [0, 0.05) is 0 Å². The van der Waals surface area contributed by atoms with Gasteiger partial charge < -0.3 is 0 Å². The van der Waals surface area contributed by atoms with Gasteiger partial charge in [0.25, 0.3) is 0 Å². The fourth-order valence-electron chi connectivity index (χ4n) is 1.44. The SMILES string of the molecule is O[CH2][Sn][CH]1CCCCC1. The van der Waals surface area contributed by atoms with E-state index < -0.39 is 0 Å². The molecule has 0 bridgehead atoms. The molecule has 1 rings (SSSR count). The van der Waals surface area contributed by atoms with Gasteiger partial charge in [0.05, 0.1) is 0 Å². The average molecular weight is 233 g/mol. The van der Waals surface area contributed by atoms with Crippen LogP contribution in [0, 0.1) is 0 Å². The molecule has 0 aromatic carbocycles. The number of hydrogen-bond donors (Lipinski definition) is 1. The van der Waals surface area contributed by atoms with E-state index in [1.165, 1.54) is 32.1 Å². The Morgan fingerprint density at radius 3 is 2.44 bits per heavy atom. The summed E-state index contributed by atoms with van der Waals surface area (Å²) < 4.78 is 1.58. The topological polar surface area (TPSA) is 20.2 Å². The van der Waals surface area contributed by atoms with Crippen LogP contribution in [0.3, 0.4) is 0 Å². The van der Waals surface area contributed by atoms with Crippen LogP contribution < -0.4 is 0 Å². The van der Waals surface area contributed by atoms with Crippen molar-refractivity contribution in [3.05, 3.63) is 0 Å². The first kappa shape index (κ1) is 7.86. The van der Waals surface area contributed by atoms with Gasteiger partial charge in [0.15, 0.2) is 0 Å². The van der Waals surface area contributed by atoms with E-state index in [0.717, 1.165) is 3.93 Å². The van der Waals surface area contributed by atoms with E-state index in [1.54, 1.807) is 0 Å². The van der Waals surface area contributed by atoms with Gasteiger partial charge in [-0.05, 0) is 0 Å². The first-order chi connectivity index (χ1) is 4.43. The Balaban J connectivity index is 2.08. The normalized spacial score (nSPS) is 22.3. The van der Waals surface area contributed by atoms with Crippen LogP contribution in [0.15, 0.2) is 0 Å². The van der Waals surface area contributed by atoms with Gasteiger partial charge >= 0.3 is 66.9 Å². The van der Waals surface area contributed by atoms with Crippen molar-refractivity contribution >= 4 is 21.1 Å². The first-order valence-corrected chi connectivity index (χ1v) is 7.44. The molecule has 1 N–H and O–H groups in total. The Kier molecular flexibility index (Phi) is 3.98. The molecule has 1 nitrogen and oxygen atoms in total. The molecular weight excluding hydrogens is 219 g/mol. The summed E-state index contributed by atoms with van der Waals surface area (Å²) in [6.07, 6.45) is 7.19. The van der Waals surface area contributed by atoms with Crippen LogP contribution in [-0.4, -0.2) is 30.9 Å². The van der Waals surface area contributed by atoms with Crippen molar-refractivity contribution in [2.24, 2.45) is 0 Å². The van der Waals surface area contributed by atoms with Gasteiger partial charge in [-0.15, -0.1) is 0 Å². The third kappa shape index (κ3) is 2.89. The fraction of sp³-hybridized carbons (Fsp3) is 1.00. The molecule has 0 unspecified atom stereocenters. The van der Waals surface area contributed by atoms with Crippen LogP contribution in [0.25, 0.3) is 0 Å². The van der Waals surface area contributed by atoms with Crippen molar-refractivity contribution in [1.82, 2.24) is 0 Å². The molecule has 0 aromatic heterocycles. The second-order valence-corrected chi connectivity index (χ2v) is 7.10. The summed E-state index contributed by atoms with van der Waals surface area (Å²) in [6.45, 7) is 0. The number of aliphatic hydroxyl groups is 1. The molecule has 0 aromatic rings. The third-order valence-corrected chi connectivity index (χ3v) is 5.80. The number of hydrogen-bond acceptors (Lipinski definition) is 1. The summed E-state index contributed by atoms with van der Waals surface area (Å²) in [5.74, 6) is 0. The van der Waals surface area contributed by atoms with Crippen LogP contribution >= 0.6 is 0 Å². The summed E-state index contributed by atoms with van der Waals surface area (Å²) in [5.41, 5.74) is 0. The van der Waals surface area contributed by atoms with E-state index in [9.17, 15) is 0 Å². The molecule has 0 spiro atoms. The zero-order chi connectivity index (χ0) is 6.53. The molecule has 1 aliphatic rings. The van der Waals surface area contributed by atoms with E-state index in [-0.39, 0.29) is 21.1 Å². The fourth-order valence-corrected chi connectivity index (χ4v) is 4.50. The Morgan fingerprint density at radius 1 is 1.22 bits per heavy atom. The van der Waals surface area contributed by atoms with E-state index >= 15 is 0 Å². The molecule has 1 aliphatic carbocycles. The van der Waals surface area contributed by atoms with Crippen molar-refractivity contribution in [2.75, 3.05) is 4.62 Å². The van der Waals surface area contributed by atoms with Crippen LogP contribution in [0.4, 0.5) is 0 Å². The predicted molar refractivity (Wildman–Crippen MR) is 39.7 cm³/mol. The van der Waals surface area contributed by atoms with Crippen molar-refractivity contribution < 1.29 is 5.11 Å². The van der Waals surface area contributed by atoms with Gasteiger partial charge in [0.1, 0.15) is 0 Å². The van der Waals surface area contributed by atoms with Crippen molar-refractivity contribution in [3.8, 4) is 0 Å². The predicted octanol–water partition coefficient (Wildman–Crippen LogP) is 1.39. The molecule has 0 atom stereocenters. The van der Waals surface area contributed by atoms with E-state index in [2.05, 4.69) is 0 Å². The Hall–Kier alpha value is 0.759. The summed E-state index contributed by atoms with van der Waals surface area (Å²) in [4.78, 5) is 0. The minimum absolute atomic E-state index is 0.317. The molecule has 0 saturated heterocycles. The Morgan fingerprint density at radius 2 is 1.89 bits per heavy atom. The molecule has 2 heteroatoms. The van der Waals surface area contributed by atoms with Gasteiger partial charge in [-0.2, -0.15) is 0 Å². The monoisotopic (exact) mass is 234 g/mol. The van der Waals surface area contributed by atoms with Gasteiger partial charge in [0.2, 0.25) is 0 Å². The zero-order valence-corrected chi connectivity index (χ0v) is 8.62. The molecule has 2 radical (unpaired) electrons. The van der Waals surface area contributed by atoms with Crippen molar-refractivity contribution in [3.63, 3.8) is 0 Å². The van der Waals surface area contributed by atoms with Gasteiger partial charge in [-0.1, -0.05) is 0 Å².